The van der Waals surface area contributed by atoms with Gasteiger partial charge in [0.2, 0.25) is 0 Å². The van der Waals surface area contributed by atoms with E-state index in [4.69, 9.17) is 4.74 Å². The van der Waals surface area contributed by atoms with E-state index in [2.05, 4.69) is 9.88 Å². The van der Waals surface area contributed by atoms with Crippen LogP contribution in [0.5, 0.6) is 0 Å². The number of ether oxygens (including phenoxy) is 1. The molecule has 1 aliphatic heterocycles. The number of aromatic nitrogens is 2. The van der Waals surface area contributed by atoms with E-state index in [1.165, 1.54) is 39.5 Å². The van der Waals surface area contributed by atoms with Crippen LogP contribution in [0.25, 0.3) is 5.65 Å². The van der Waals surface area contributed by atoms with Crippen LogP contribution in [0.2, 0.25) is 0 Å². The summed E-state index contributed by atoms with van der Waals surface area (Å²) in [5.41, 5.74) is 2.49. The SMILES string of the molecule is COC(=O)c1ccc2nc(CCN3CCCCC3)cn2c1. The predicted octanol–water partition coefficient (Wildman–Crippen LogP) is 2.15. The van der Waals surface area contributed by atoms with Crippen molar-refractivity contribution in [3.8, 4) is 0 Å². The predicted molar refractivity (Wildman–Crippen MR) is 80.5 cm³/mol. The lowest BCUT2D eigenvalue weighted by atomic mass is 10.1. The second-order valence-corrected chi connectivity index (χ2v) is 5.56. The van der Waals surface area contributed by atoms with Crippen LogP contribution in [0.4, 0.5) is 0 Å². The maximum absolute atomic E-state index is 11.5. The van der Waals surface area contributed by atoms with Gasteiger partial charge < -0.3 is 14.0 Å². The zero-order chi connectivity index (χ0) is 14.7. The number of imidazole rings is 1. The molecule has 0 N–H and O–H groups in total. The molecule has 5 heteroatoms. The van der Waals surface area contributed by atoms with Crippen molar-refractivity contribution in [1.29, 1.82) is 0 Å². The number of pyridine rings is 1. The Labute approximate surface area is 124 Å². The first-order valence-corrected chi connectivity index (χ1v) is 7.54. The highest BCUT2D eigenvalue weighted by molar-refractivity contribution is 5.89. The minimum absolute atomic E-state index is 0.319. The van der Waals surface area contributed by atoms with E-state index >= 15 is 0 Å². The van der Waals surface area contributed by atoms with E-state index in [9.17, 15) is 4.79 Å². The maximum atomic E-state index is 11.5. The van der Waals surface area contributed by atoms with Gasteiger partial charge in [0.1, 0.15) is 5.65 Å². The molecule has 112 valence electrons. The van der Waals surface area contributed by atoms with Gasteiger partial charge in [-0.3, -0.25) is 0 Å². The molecule has 0 saturated carbocycles. The fourth-order valence-corrected chi connectivity index (χ4v) is 2.86. The minimum atomic E-state index is -0.319. The summed E-state index contributed by atoms with van der Waals surface area (Å²) in [6, 6.07) is 3.61. The van der Waals surface area contributed by atoms with Crippen molar-refractivity contribution in [1.82, 2.24) is 14.3 Å². The fourth-order valence-electron chi connectivity index (χ4n) is 2.86. The molecule has 0 amide bonds. The third-order valence-electron chi connectivity index (χ3n) is 4.05. The molecule has 21 heavy (non-hydrogen) atoms. The van der Waals surface area contributed by atoms with Gasteiger partial charge in [-0.2, -0.15) is 0 Å². The van der Waals surface area contributed by atoms with Crippen molar-refractivity contribution in [3.63, 3.8) is 0 Å². The van der Waals surface area contributed by atoms with Gasteiger partial charge >= 0.3 is 5.97 Å². The van der Waals surface area contributed by atoms with E-state index in [-0.39, 0.29) is 5.97 Å². The molecule has 0 atom stereocenters. The first-order valence-electron chi connectivity index (χ1n) is 7.54. The molecule has 1 saturated heterocycles. The van der Waals surface area contributed by atoms with E-state index in [1.807, 2.05) is 16.7 Å². The smallest absolute Gasteiger partial charge is 0.339 e. The minimum Gasteiger partial charge on any atom is -0.465 e. The topological polar surface area (TPSA) is 46.8 Å². The summed E-state index contributed by atoms with van der Waals surface area (Å²) in [4.78, 5) is 18.6. The number of likely N-dealkylation sites (tertiary alicyclic amines) is 1. The number of rotatable bonds is 4. The molecule has 2 aromatic heterocycles. The third-order valence-corrected chi connectivity index (χ3v) is 4.05. The summed E-state index contributed by atoms with van der Waals surface area (Å²) in [6.07, 6.45) is 8.72. The number of fused-ring (bicyclic) bond motifs is 1. The molecule has 1 fully saturated rings. The van der Waals surface area contributed by atoms with Crippen molar-refractivity contribution in [3.05, 3.63) is 35.8 Å². The molecule has 0 bridgehead atoms. The van der Waals surface area contributed by atoms with Gasteiger partial charge in [0.15, 0.2) is 0 Å². The summed E-state index contributed by atoms with van der Waals surface area (Å²) >= 11 is 0. The number of hydrogen-bond acceptors (Lipinski definition) is 4. The van der Waals surface area contributed by atoms with Crippen LogP contribution in [-0.4, -0.2) is 47.0 Å². The molecule has 3 heterocycles. The van der Waals surface area contributed by atoms with Gasteiger partial charge in [0, 0.05) is 25.4 Å². The van der Waals surface area contributed by atoms with E-state index < -0.39 is 0 Å². The van der Waals surface area contributed by atoms with Crippen LogP contribution >= 0.6 is 0 Å². The Hall–Kier alpha value is -1.88. The lowest BCUT2D eigenvalue weighted by Gasteiger charge is -2.25. The van der Waals surface area contributed by atoms with Crippen molar-refractivity contribution >= 4 is 11.6 Å². The second-order valence-electron chi connectivity index (χ2n) is 5.56. The average Bonchev–Trinajstić information content (AvgIpc) is 2.95. The average molecular weight is 287 g/mol. The van der Waals surface area contributed by atoms with Gasteiger partial charge in [0.25, 0.3) is 0 Å². The lowest BCUT2D eigenvalue weighted by molar-refractivity contribution is 0.0600. The zero-order valence-corrected chi connectivity index (χ0v) is 12.4. The number of esters is 1. The number of nitrogens with zero attached hydrogens (tertiary/aromatic N) is 3. The van der Waals surface area contributed by atoms with Crippen molar-refractivity contribution in [2.45, 2.75) is 25.7 Å². The Morgan fingerprint density at radius 2 is 2.05 bits per heavy atom. The molecule has 0 unspecified atom stereocenters. The van der Waals surface area contributed by atoms with Gasteiger partial charge in [-0.05, 0) is 38.1 Å². The van der Waals surface area contributed by atoms with Crippen LogP contribution in [0.15, 0.2) is 24.5 Å². The quantitative estimate of drug-likeness (QED) is 0.808. The van der Waals surface area contributed by atoms with Gasteiger partial charge in [0.05, 0.1) is 18.4 Å². The summed E-state index contributed by atoms with van der Waals surface area (Å²) in [6.45, 7) is 3.48. The lowest BCUT2D eigenvalue weighted by Crippen LogP contribution is -2.31. The van der Waals surface area contributed by atoms with Gasteiger partial charge in [-0.25, -0.2) is 9.78 Å². The maximum Gasteiger partial charge on any atom is 0.339 e. The molecule has 0 radical (unpaired) electrons. The van der Waals surface area contributed by atoms with Crippen LogP contribution in [-0.2, 0) is 11.2 Å². The highest BCUT2D eigenvalue weighted by atomic mass is 16.5. The highest BCUT2D eigenvalue weighted by Crippen LogP contribution is 2.12. The summed E-state index contributed by atoms with van der Waals surface area (Å²) in [7, 11) is 1.39. The Balaban J connectivity index is 1.70. The second kappa shape index (κ2) is 6.26. The van der Waals surface area contributed by atoms with Crippen molar-refractivity contribution in [2.75, 3.05) is 26.7 Å². The standard InChI is InChI=1S/C16H21N3O2/c1-21-16(20)13-5-6-15-17-14(12-19(15)11-13)7-10-18-8-3-2-4-9-18/h5-6,11-12H,2-4,7-10H2,1H3. The number of carbonyl (C=O) groups excluding carboxylic acids is 1. The number of piperidine rings is 1. The number of methoxy groups -OCH3 is 1. The van der Waals surface area contributed by atoms with Crippen molar-refractivity contribution < 1.29 is 9.53 Å². The fraction of sp³-hybridized carbons (Fsp3) is 0.500. The number of carbonyl (C=O) groups is 1. The Kier molecular flexibility index (Phi) is 4.20. The van der Waals surface area contributed by atoms with E-state index in [1.54, 1.807) is 12.3 Å². The Bertz CT molecular complexity index is 629. The third kappa shape index (κ3) is 3.24. The Morgan fingerprint density at radius 3 is 2.81 bits per heavy atom. The molecular formula is C16H21N3O2. The summed E-state index contributed by atoms with van der Waals surface area (Å²) in [5.74, 6) is -0.319. The summed E-state index contributed by atoms with van der Waals surface area (Å²) in [5, 5.41) is 0. The summed E-state index contributed by atoms with van der Waals surface area (Å²) < 4.78 is 6.64. The highest BCUT2D eigenvalue weighted by Gasteiger charge is 2.11. The molecule has 5 nitrogen and oxygen atoms in total. The van der Waals surface area contributed by atoms with Crippen LogP contribution in [0.3, 0.4) is 0 Å². The van der Waals surface area contributed by atoms with Gasteiger partial charge in [-0.15, -0.1) is 0 Å². The first-order chi connectivity index (χ1) is 10.3. The molecule has 1 aliphatic rings. The van der Waals surface area contributed by atoms with Crippen LogP contribution in [0, 0.1) is 0 Å². The monoisotopic (exact) mass is 287 g/mol. The van der Waals surface area contributed by atoms with E-state index in [0.717, 1.165) is 24.3 Å². The molecule has 0 aromatic carbocycles. The molecular weight excluding hydrogens is 266 g/mol. The molecule has 3 rings (SSSR count). The van der Waals surface area contributed by atoms with Crippen LogP contribution < -0.4 is 0 Å². The first kappa shape index (κ1) is 14.1. The van der Waals surface area contributed by atoms with E-state index in [0.29, 0.717) is 5.56 Å². The van der Waals surface area contributed by atoms with Crippen LogP contribution in [0.1, 0.15) is 35.3 Å². The molecule has 0 aliphatic carbocycles. The molecule has 0 spiro atoms. The Morgan fingerprint density at radius 1 is 1.24 bits per heavy atom. The van der Waals surface area contributed by atoms with Crippen molar-refractivity contribution in [2.24, 2.45) is 0 Å². The molecule has 2 aromatic rings. The van der Waals surface area contributed by atoms with Gasteiger partial charge in [-0.1, -0.05) is 6.42 Å². The number of hydrogen-bond donors (Lipinski definition) is 0. The zero-order valence-electron chi connectivity index (χ0n) is 12.4. The largest absolute Gasteiger partial charge is 0.465 e. The normalized spacial score (nSPS) is 16.2.